The normalized spacial score (nSPS) is 18.2. The predicted molar refractivity (Wildman–Crippen MR) is 122 cm³/mol. The largest absolute Gasteiger partial charge is 0.497 e. The molecule has 1 aliphatic rings. The first-order valence-electron chi connectivity index (χ1n) is 10.4. The second kappa shape index (κ2) is 9.82. The van der Waals surface area contributed by atoms with E-state index >= 15 is 0 Å². The lowest BCUT2D eigenvalue weighted by Gasteiger charge is -2.33. The van der Waals surface area contributed by atoms with Crippen molar-refractivity contribution >= 4 is 29.2 Å². The molecule has 0 saturated carbocycles. The van der Waals surface area contributed by atoms with Crippen LogP contribution in [0.3, 0.4) is 0 Å². The summed E-state index contributed by atoms with van der Waals surface area (Å²) in [5.41, 5.74) is 1.84. The summed E-state index contributed by atoms with van der Waals surface area (Å²) in [6.07, 6.45) is -1.21. The lowest BCUT2D eigenvalue weighted by Crippen LogP contribution is -2.48. The number of para-hydroxylation sites is 2. The molecular weight excluding hydrogens is 410 g/mol. The Morgan fingerprint density at radius 2 is 1.62 bits per heavy atom. The molecule has 2 aromatic carbocycles. The van der Waals surface area contributed by atoms with Crippen molar-refractivity contribution in [1.29, 1.82) is 0 Å². The molecule has 0 radical (unpaired) electrons. The molecule has 0 fully saturated rings. The van der Waals surface area contributed by atoms with Crippen LogP contribution in [0.2, 0.25) is 0 Å². The zero-order valence-corrected chi connectivity index (χ0v) is 19.1. The van der Waals surface area contributed by atoms with Crippen molar-refractivity contribution in [2.75, 3.05) is 44.1 Å². The van der Waals surface area contributed by atoms with E-state index in [4.69, 9.17) is 9.47 Å². The standard InChI is InChI=1S/C24H29N3O5/c1-16(28)27-21-9-7-6-8-20(21)26(15-14-25(3)4)24(30)23(32-17(2)29)22(27)18-10-12-19(31-5)13-11-18/h6-13,22-23H,14-15H2,1-5H3. The van der Waals surface area contributed by atoms with Crippen LogP contribution in [0, 0.1) is 0 Å². The van der Waals surface area contributed by atoms with Crippen molar-refractivity contribution in [2.45, 2.75) is 26.0 Å². The predicted octanol–water partition coefficient (Wildman–Crippen LogP) is 2.63. The Bertz CT molecular complexity index is 989. The highest BCUT2D eigenvalue weighted by atomic mass is 16.5. The number of carbonyl (C=O) groups excluding carboxylic acids is 3. The average molecular weight is 440 g/mol. The Morgan fingerprint density at radius 3 is 2.16 bits per heavy atom. The lowest BCUT2D eigenvalue weighted by molar-refractivity contribution is -0.154. The SMILES string of the molecule is COc1ccc(C2C(OC(C)=O)C(=O)N(CCN(C)C)c3ccccc3N2C(C)=O)cc1. The molecule has 0 saturated heterocycles. The fraction of sp³-hybridized carbons (Fsp3) is 0.375. The summed E-state index contributed by atoms with van der Waals surface area (Å²) in [7, 11) is 5.40. The quantitative estimate of drug-likeness (QED) is 0.644. The Labute approximate surface area is 188 Å². The van der Waals surface area contributed by atoms with Crippen LogP contribution in [0.5, 0.6) is 5.75 Å². The van der Waals surface area contributed by atoms with Crippen LogP contribution < -0.4 is 14.5 Å². The molecule has 0 aliphatic carbocycles. The Balaban J connectivity index is 2.23. The third-order valence-electron chi connectivity index (χ3n) is 5.37. The molecule has 2 atom stereocenters. The van der Waals surface area contributed by atoms with Gasteiger partial charge in [-0.1, -0.05) is 24.3 Å². The Morgan fingerprint density at radius 1 is 1.00 bits per heavy atom. The molecule has 2 aromatic rings. The third-order valence-corrected chi connectivity index (χ3v) is 5.37. The van der Waals surface area contributed by atoms with E-state index in [0.717, 1.165) is 0 Å². The zero-order valence-electron chi connectivity index (χ0n) is 19.1. The topological polar surface area (TPSA) is 79.4 Å². The van der Waals surface area contributed by atoms with Crippen molar-refractivity contribution in [3.8, 4) is 5.75 Å². The molecule has 8 heteroatoms. The number of nitrogens with zero attached hydrogens (tertiary/aromatic N) is 3. The van der Waals surface area contributed by atoms with E-state index in [1.54, 1.807) is 48.4 Å². The van der Waals surface area contributed by atoms with E-state index in [-0.39, 0.29) is 11.8 Å². The highest BCUT2D eigenvalue weighted by molar-refractivity contribution is 6.07. The molecule has 3 rings (SSSR count). The molecule has 0 aromatic heterocycles. The second-order valence-corrected chi connectivity index (χ2v) is 7.92. The van der Waals surface area contributed by atoms with Crippen molar-refractivity contribution in [2.24, 2.45) is 0 Å². The maximum absolute atomic E-state index is 13.8. The van der Waals surface area contributed by atoms with Crippen molar-refractivity contribution in [3.63, 3.8) is 0 Å². The maximum Gasteiger partial charge on any atom is 0.303 e. The number of rotatable bonds is 6. The van der Waals surface area contributed by atoms with Crippen LogP contribution in [-0.2, 0) is 19.1 Å². The molecule has 0 N–H and O–H groups in total. The van der Waals surface area contributed by atoms with Gasteiger partial charge in [0.15, 0.2) is 0 Å². The fourth-order valence-corrected chi connectivity index (χ4v) is 3.90. The summed E-state index contributed by atoms with van der Waals surface area (Å²) in [6, 6.07) is 13.5. The number of carbonyl (C=O) groups is 3. The highest BCUT2D eigenvalue weighted by Gasteiger charge is 2.45. The van der Waals surface area contributed by atoms with Gasteiger partial charge < -0.3 is 19.3 Å². The molecule has 1 aliphatic heterocycles. The summed E-state index contributed by atoms with van der Waals surface area (Å²) in [4.78, 5) is 43.9. The molecule has 1 heterocycles. The zero-order chi connectivity index (χ0) is 23.4. The number of likely N-dealkylation sites (N-methyl/N-ethyl adjacent to an activating group) is 1. The van der Waals surface area contributed by atoms with Crippen LogP contribution in [0.4, 0.5) is 11.4 Å². The van der Waals surface area contributed by atoms with Gasteiger partial charge in [-0.05, 0) is 43.9 Å². The fourth-order valence-electron chi connectivity index (χ4n) is 3.90. The van der Waals surface area contributed by atoms with E-state index in [9.17, 15) is 14.4 Å². The molecule has 8 nitrogen and oxygen atoms in total. The van der Waals surface area contributed by atoms with E-state index in [2.05, 4.69) is 0 Å². The van der Waals surface area contributed by atoms with Gasteiger partial charge in [-0.2, -0.15) is 0 Å². The first kappa shape index (κ1) is 23.3. The summed E-state index contributed by atoms with van der Waals surface area (Å²) < 4.78 is 10.8. The van der Waals surface area contributed by atoms with Gasteiger partial charge in [0, 0.05) is 26.9 Å². The number of hydrogen-bond donors (Lipinski definition) is 0. The van der Waals surface area contributed by atoms with Crippen LogP contribution in [-0.4, -0.2) is 63.1 Å². The number of hydrogen-bond acceptors (Lipinski definition) is 6. The minimum absolute atomic E-state index is 0.266. The third kappa shape index (κ3) is 4.75. The molecule has 0 spiro atoms. The van der Waals surface area contributed by atoms with Crippen LogP contribution >= 0.6 is 0 Å². The van der Waals surface area contributed by atoms with E-state index in [1.165, 1.54) is 18.7 Å². The monoisotopic (exact) mass is 439 g/mol. The van der Waals surface area contributed by atoms with Gasteiger partial charge in [-0.3, -0.25) is 19.3 Å². The van der Waals surface area contributed by atoms with Gasteiger partial charge in [0.05, 0.1) is 18.5 Å². The number of benzene rings is 2. The van der Waals surface area contributed by atoms with E-state index in [0.29, 0.717) is 35.8 Å². The molecule has 32 heavy (non-hydrogen) atoms. The summed E-state index contributed by atoms with van der Waals surface area (Å²) in [5.74, 6) is -0.597. The molecule has 2 unspecified atom stereocenters. The number of fused-ring (bicyclic) bond motifs is 1. The van der Waals surface area contributed by atoms with Crippen LogP contribution in [0.1, 0.15) is 25.5 Å². The van der Waals surface area contributed by atoms with Crippen LogP contribution in [0.15, 0.2) is 48.5 Å². The smallest absolute Gasteiger partial charge is 0.303 e. The molecule has 0 bridgehead atoms. The number of methoxy groups -OCH3 is 1. The summed E-state index contributed by atoms with van der Waals surface area (Å²) in [6.45, 7) is 3.68. The molecule has 2 amide bonds. The molecular formula is C24H29N3O5. The van der Waals surface area contributed by atoms with Gasteiger partial charge in [-0.15, -0.1) is 0 Å². The lowest BCUT2D eigenvalue weighted by atomic mass is 9.98. The highest BCUT2D eigenvalue weighted by Crippen LogP contribution is 2.42. The van der Waals surface area contributed by atoms with Crippen molar-refractivity contribution < 1.29 is 23.9 Å². The Hall–Kier alpha value is -3.39. The van der Waals surface area contributed by atoms with Gasteiger partial charge in [-0.25, -0.2) is 0 Å². The minimum Gasteiger partial charge on any atom is -0.497 e. The number of amides is 2. The summed E-state index contributed by atoms with van der Waals surface area (Å²) in [5, 5.41) is 0. The van der Waals surface area contributed by atoms with Gasteiger partial charge >= 0.3 is 5.97 Å². The van der Waals surface area contributed by atoms with Gasteiger partial charge in [0.25, 0.3) is 5.91 Å². The van der Waals surface area contributed by atoms with Crippen molar-refractivity contribution in [3.05, 3.63) is 54.1 Å². The Kier molecular flexibility index (Phi) is 7.15. The van der Waals surface area contributed by atoms with Gasteiger partial charge in [0.2, 0.25) is 12.0 Å². The first-order chi connectivity index (χ1) is 15.2. The van der Waals surface area contributed by atoms with Crippen molar-refractivity contribution in [1.82, 2.24) is 4.90 Å². The number of esters is 1. The van der Waals surface area contributed by atoms with Gasteiger partial charge in [0.1, 0.15) is 11.8 Å². The number of ether oxygens (including phenoxy) is 2. The average Bonchev–Trinajstić information content (AvgIpc) is 2.85. The molecule has 170 valence electrons. The van der Waals surface area contributed by atoms with E-state index < -0.39 is 18.1 Å². The minimum atomic E-state index is -1.21. The van der Waals surface area contributed by atoms with E-state index in [1.807, 2.05) is 31.1 Å². The maximum atomic E-state index is 13.8. The first-order valence-corrected chi connectivity index (χ1v) is 10.4. The summed E-state index contributed by atoms with van der Waals surface area (Å²) >= 11 is 0. The number of anilines is 2. The second-order valence-electron chi connectivity index (χ2n) is 7.92. The van der Waals surface area contributed by atoms with Crippen LogP contribution in [0.25, 0.3) is 0 Å².